The minimum absolute atomic E-state index is 0.0707. The number of alkyl halides is 3. The van der Waals surface area contributed by atoms with Gasteiger partial charge in [-0.1, -0.05) is 0 Å². The Bertz CT molecular complexity index is 3220. The highest BCUT2D eigenvalue weighted by Gasteiger charge is 2.38. The molecule has 3 atom stereocenters. The Hall–Kier alpha value is -7.56. The van der Waals surface area contributed by atoms with E-state index in [-0.39, 0.29) is 56.9 Å². The molecule has 2 aliphatic rings. The summed E-state index contributed by atoms with van der Waals surface area (Å²) in [5.41, 5.74) is -3.82. The maximum atomic E-state index is 14.1. The molecule has 27 heteroatoms. The maximum Gasteiger partial charge on any atom is 0.417 e. The Morgan fingerprint density at radius 1 is 0.778 bits per heavy atom. The van der Waals surface area contributed by atoms with Gasteiger partial charge in [0, 0.05) is 43.5 Å². The van der Waals surface area contributed by atoms with E-state index in [1.807, 2.05) is 4.72 Å². The van der Waals surface area contributed by atoms with Crippen LogP contribution in [0.15, 0.2) is 52.7 Å². The molecule has 72 heavy (non-hydrogen) atoms. The van der Waals surface area contributed by atoms with E-state index in [9.17, 15) is 59.8 Å². The second-order valence-electron chi connectivity index (χ2n) is 15.9. The zero-order chi connectivity index (χ0) is 52.8. The van der Waals surface area contributed by atoms with Gasteiger partial charge in [-0.05, 0) is 78.9 Å². The van der Waals surface area contributed by atoms with E-state index in [1.165, 1.54) is 30.3 Å². The molecule has 0 fully saturated rings. The monoisotopic (exact) mass is 1060 g/mol. The van der Waals surface area contributed by atoms with Gasteiger partial charge in [0.25, 0.3) is 21.8 Å². The molecular formula is C45H38F3N4O17PS2. The predicted octanol–water partition coefficient (Wildman–Crippen LogP) is 6.35. The lowest BCUT2D eigenvalue weighted by atomic mass is 9.89. The number of rotatable bonds is 12. The fourth-order valence-corrected chi connectivity index (χ4v) is 11.3. The second-order valence-corrected chi connectivity index (χ2v) is 20.8. The van der Waals surface area contributed by atoms with Crippen LogP contribution in [-0.2, 0) is 39.9 Å². The third-order valence-corrected chi connectivity index (χ3v) is 14.4. The fourth-order valence-electron chi connectivity index (χ4n) is 7.38. The summed E-state index contributed by atoms with van der Waals surface area (Å²) in [5, 5.41) is 14.4. The van der Waals surface area contributed by atoms with E-state index in [0.29, 0.717) is 23.5 Å². The number of carbonyl (C=O) groups excluding carboxylic acids is 6. The van der Waals surface area contributed by atoms with Crippen molar-refractivity contribution in [2.75, 3.05) is 19.4 Å². The van der Waals surface area contributed by atoms with Crippen LogP contribution in [0.5, 0.6) is 40.2 Å². The van der Waals surface area contributed by atoms with Crippen LogP contribution in [0.25, 0.3) is 32.3 Å². The van der Waals surface area contributed by atoms with Crippen molar-refractivity contribution in [2.45, 2.75) is 64.1 Å². The highest BCUT2D eigenvalue weighted by atomic mass is 32.2. The molecule has 5 aromatic rings. The molecule has 0 radical (unpaired) electrons. The highest BCUT2D eigenvalue weighted by Crippen LogP contribution is 2.54. The first-order valence-corrected chi connectivity index (χ1v) is 25.0. The first-order valence-electron chi connectivity index (χ1n) is 20.9. The Balaban J connectivity index is 1.49. The lowest BCUT2D eigenvalue weighted by molar-refractivity contribution is -0.138. The molecule has 21 nitrogen and oxygen atoms in total. The summed E-state index contributed by atoms with van der Waals surface area (Å²) < 4.78 is 123. The minimum Gasteiger partial charge on any atom is -0.485 e. The predicted molar refractivity (Wildman–Crippen MR) is 245 cm³/mol. The fraction of sp³-hybridized carbons (Fsp3) is 0.267. The normalized spacial score (nSPS) is 16.3. The SMILES string of the molecule is CC(=O)Oc1c2cc(-c3cc4cc(S(=O)(=O)NCP(=O)(O)Oc5ccc(C#N)c(C(F)(F)F)c5)sc4cc3-c3cc4c(OC(C)=O)c(c3OC(C)=O)C(=O)NCC(C)O4)c(OC(C)=O)c1C(=O)NCC(C)O2. The first-order chi connectivity index (χ1) is 33.7. The van der Waals surface area contributed by atoms with Crippen LogP contribution in [-0.4, -0.2) is 80.6 Å². The molecule has 1 aromatic heterocycles. The largest absolute Gasteiger partial charge is 0.485 e. The summed E-state index contributed by atoms with van der Waals surface area (Å²) in [6.07, 6.45) is -7.99. The number of halogens is 3. The van der Waals surface area contributed by atoms with E-state index < -0.39 is 133 Å². The van der Waals surface area contributed by atoms with Crippen molar-refractivity contribution in [2.24, 2.45) is 0 Å². The Morgan fingerprint density at radius 3 is 1.71 bits per heavy atom. The second kappa shape index (κ2) is 19.9. The molecule has 4 aromatic carbocycles. The van der Waals surface area contributed by atoms with Crippen LogP contribution in [0.1, 0.15) is 73.4 Å². The number of ether oxygens (including phenoxy) is 6. The number of benzene rings is 4. The van der Waals surface area contributed by atoms with Gasteiger partial charge in [0.15, 0.2) is 34.5 Å². The van der Waals surface area contributed by atoms with Crippen LogP contribution in [0, 0.1) is 11.3 Å². The van der Waals surface area contributed by atoms with Crippen molar-refractivity contribution in [3.05, 3.63) is 70.8 Å². The molecule has 0 saturated heterocycles. The molecule has 3 heterocycles. The first kappa shape index (κ1) is 52.3. The molecule has 0 saturated carbocycles. The average Bonchev–Trinajstić information content (AvgIpc) is 3.71. The maximum absolute atomic E-state index is 14.1. The quantitative estimate of drug-likeness (QED) is 0.0601. The number of fused-ring (bicyclic) bond motifs is 5. The average molecular weight is 1060 g/mol. The molecular weight excluding hydrogens is 1020 g/mol. The minimum atomic E-state index is -5.14. The Labute approximate surface area is 409 Å². The van der Waals surface area contributed by atoms with Crippen LogP contribution in [0.4, 0.5) is 13.2 Å². The van der Waals surface area contributed by atoms with Crippen molar-refractivity contribution in [3.8, 4) is 68.6 Å². The van der Waals surface area contributed by atoms with Gasteiger partial charge < -0.3 is 48.5 Å². The van der Waals surface area contributed by atoms with Gasteiger partial charge >= 0.3 is 37.6 Å². The number of thiophene rings is 1. The number of nitriles is 1. The molecule has 4 N–H and O–H groups in total. The number of sulfonamides is 1. The molecule has 7 rings (SSSR count). The number of hydrogen-bond donors (Lipinski definition) is 4. The zero-order valence-corrected chi connectivity index (χ0v) is 40.7. The third-order valence-electron chi connectivity index (χ3n) is 10.2. The molecule has 3 unspecified atom stereocenters. The van der Waals surface area contributed by atoms with Gasteiger partial charge in [-0.25, -0.2) is 13.0 Å². The van der Waals surface area contributed by atoms with E-state index in [0.717, 1.165) is 39.8 Å². The highest BCUT2D eigenvalue weighted by molar-refractivity contribution is 7.92. The molecule has 0 spiro atoms. The van der Waals surface area contributed by atoms with Crippen LogP contribution in [0.2, 0.25) is 0 Å². The zero-order valence-electron chi connectivity index (χ0n) is 38.2. The van der Waals surface area contributed by atoms with Gasteiger partial charge in [0.05, 0.1) is 30.3 Å². The van der Waals surface area contributed by atoms with Crippen molar-refractivity contribution in [1.82, 2.24) is 15.4 Å². The van der Waals surface area contributed by atoms with Gasteiger partial charge in [-0.15, -0.1) is 11.3 Å². The summed E-state index contributed by atoms with van der Waals surface area (Å²) in [7, 11) is -9.97. The number of esters is 4. The number of hydrogen-bond acceptors (Lipinski definition) is 18. The van der Waals surface area contributed by atoms with Gasteiger partial charge in [0.2, 0.25) is 0 Å². The topological polar surface area (TPSA) is 298 Å². The van der Waals surface area contributed by atoms with E-state index in [4.69, 9.17) is 38.2 Å². The van der Waals surface area contributed by atoms with Crippen LogP contribution >= 0.6 is 18.9 Å². The number of nitrogens with zero attached hydrogens (tertiary/aromatic N) is 1. The van der Waals surface area contributed by atoms with E-state index >= 15 is 0 Å². The molecule has 2 aliphatic heterocycles. The van der Waals surface area contributed by atoms with Gasteiger partial charge in [0.1, 0.15) is 39.6 Å². The Kier molecular flexibility index (Phi) is 14.5. The summed E-state index contributed by atoms with van der Waals surface area (Å²) in [6, 6.07) is 9.47. The van der Waals surface area contributed by atoms with Gasteiger partial charge in [-0.3, -0.25) is 28.8 Å². The van der Waals surface area contributed by atoms with Crippen LogP contribution in [0.3, 0.4) is 0 Å². The van der Waals surface area contributed by atoms with Crippen LogP contribution < -0.4 is 48.3 Å². The summed E-state index contributed by atoms with van der Waals surface area (Å²) in [4.78, 5) is 89.6. The summed E-state index contributed by atoms with van der Waals surface area (Å²) in [5.74, 6) is -8.80. The van der Waals surface area contributed by atoms with E-state index in [1.54, 1.807) is 13.8 Å². The molecule has 0 aliphatic carbocycles. The van der Waals surface area contributed by atoms with Crippen molar-refractivity contribution >= 4 is 74.7 Å². The molecule has 2 amide bonds. The Morgan fingerprint density at radius 2 is 1.25 bits per heavy atom. The van der Waals surface area contributed by atoms with Crippen molar-refractivity contribution in [1.29, 1.82) is 5.26 Å². The summed E-state index contributed by atoms with van der Waals surface area (Å²) >= 11 is 0.563. The standard InChI is InChI=1S/C45H38F3N4O17PS2/c1-19-16-50-43(57)37-39(65-21(3)53)30(12-33(63-19)41(37)67-23(5)55)28-9-26-10-36(72(61,62)52-18-70(59,60)69-27-8-7-25(15-49)32(11-27)45(46,47)48)71-35(26)14-29(28)31-13-34-42(68-24(6)56)38(40(31)66-22(4)54)44(58)51-17-20(2)64-34/h7-14,19-20,52H,16-18H2,1-6H3,(H,50,57)(H,51,58)(H,59,60). The van der Waals surface area contributed by atoms with Gasteiger partial charge in [-0.2, -0.15) is 23.2 Å². The number of nitrogens with one attached hydrogen (secondary N) is 3. The molecule has 378 valence electrons. The van der Waals surface area contributed by atoms with Crippen molar-refractivity contribution < 1.29 is 92.8 Å². The lowest BCUT2D eigenvalue weighted by Crippen LogP contribution is -2.36. The number of amides is 2. The van der Waals surface area contributed by atoms with Crippen molar-refractivity contribution in [3.63, 3.8) is 0 Å². The lowest BCUT2D eigenvalue weighted by Gasteiger charge is -2.27. The third kappa shape index (κ3) is 11.1. The smallest absolute Gasteiger partial charge is 0.417 e. The summed E-state index contributed by atoms with van der Waals surface area (Å²) in [6.45, 7) is 7.09. The molecule has 4 bridgehead atoms. The van der Waals surface area contributed by atoms with E-state index in [2.05, 4.69) is 10.6 Å². The number of carbonyl (C=O) groups is 6.